The van der Waals surface area contributed by atoms with Crippen molar-refractivity contribution in [1.29, 1.82) is 0 Å². The van der Waals surface area contributed by atoms with Crippen molar-refractivity contribution in [1.82, 2.24) is 0 Å². The number of hydrogen-bond donors (Lipinski definition) is 0. The Balaban J connectivity index is 1.85. The van der Waals surface area contributed by atoms with E-state index < -0.39 is 27.5 Å². The molecule has 0 bridgehead atoms. The number of benzene rings is 3. The standard InChI is InChI=1S/C26H25F2NO4S/c1-19-11-13-22(14-12-19)34(31,32)29-17-15-21(20-7-3-2-4-8-20)16-18-33-25(30)26(27,28)23-9-5-6-10-24(23)29/h2-14,21H,15-18H2,1H3/t21-/m0/s1. The van der Waals surface area contributed by atoms with Crippen molar-refractivity contribution in [3.05, 3.63) is 95.6 Å². The topological polar surface area (TPSA) is 63.7 Å². The zero-order chi connectivity index (χ0) is 24.3. The Kier molecular flexibility index (Phi) is 6.70. The van der Waals surface area contributed by atoms with Crippen LogP contribution in [0.4, 0.5) is 14.5 Å². The van der Waals surface area contributed by atoms with Crippen LogP contribution in [-0.2, 0) is 25.5 Å². The third kappa shape index (κ3) is 4.68. The molecule has 0 saturated carbocycles. The van der Waals surface area contributed by atoms with Gasteiger partial charge in [0.2, 0.25) is 0 Å². The fraction of sp³-hybridized carbons (Fsp3) is 0.269. The second-order valence-electron chi connectivity index (χ2n) is 8.30. The van der Waals surface area contributed by atoms with Crippen LogP contribution in [0.2, 0.25) is 0 Å². The molecule has 0 saturated heterocycles. The van der Waals surface area contributed by atoms with Crippen molar-refractivity contribution in [2.24, 2.45) is 0 Å². The van der Waals surface area contributed by atoms with E-state index in [0.717, 1.165) is 21.5 Å². The molecular weight excluding hydrogens is 460 g/mol. The Bertz CT molecular complexity index is 1260. The number of carbonyl (C=O) groups excluding carboxylic acids is 1. The predicted octanol–water partition coefficient (Wildman–Crippen LogP) is 5.40. The number of para-hydroxylation sites is 1. The number of alkyl halides is 2. The van der Waals surface area contributed by atoms with E-state index in [1.807, 2.05) is 37.3 Å². The van der Waals surface area contributed by atoms with Crippen LogP contribution in [0.25, 0.3) is 0 Å². The number of nitrogens with zero attached hydrogens (tertiary/aromatic N) is 1. The smallest absolute Gasteiger partial charge is 0.382 e. The summed E-state index contributed by atoms with van der Waals surface area (Å²) in [6.07, 6.45) is 0.646. The van der Waals surface area contributed by atoms with Crippen molar-refractivity contribution >= 4 is 21.7 Å². The highest BCUT2D eigenvalue weighted by Crippen LogP contribution is 2.40. The summed E-state index contributed by atoms with van der Waals surface area (Å²) >= 11 is 0. The third-order valence-corrected chi connectivity index (χ3v) is 7.85. The van der Waals surface area contributed by atoms with Gasteiger partial charge in [-0.25, -0.2) is 13.2 Å². The van der Waals surface area contributed by atoms with E-state index in [1.54, 1.807) is 12.1 Å². The molecule has 1 heterocycles. The van der Waals surface area contributed by atoms with Crippen LogP contribution in [0, 0.1) is 6.92 Å². The Morgan fingerprint density at radius 3 is 2.26 bits per heavy atom. The average Bonchev–Trinajstić information content (AvgIpc) is 2.85. The van der Waals surface area contributed by atoms with Crippen LogP contribution >= 0.6 is 0 Å². The first-order valence-corrected chi connectivity index (χ1v) is 12.4. The highest BCUT2D eigenvalue weighted by molar-refractivity contribution is 7.92. The average molecular weight is 486 g/mol. The lowest BCUT2D eigenvalue weighted by atomic mass is 9.93. The zero-order valence-corrected chi connectivity index (χ0v) is 19.5. The predicted molar refractivity (Wildman–Crippen MR) is 125 cm³/mol. The summed E-state index contributed by atoms with van der Waals surface area (Å²) in [5.41, 5.74) is 0.855. The van der Waals surface area contributed by atoms with E-state index in [4.69, 9.17) is 4.74 Å². The highest BCUT2D eigenvalue weighted by atomic mass is 32.2. The molecule has 1 atom stereocenters. The molecule has 0 amide bonds. The van der Waals surface area contributed by atoms with Gasteiger partial charge in [-0.05, 0) is 49.4 Å². The maximum absolute atomic E-state index is 15.2. The normalized spacial score (nSPS) is 19.0. The lowest BCUT2D eigenvalue weighted by Gasteiger charge is -2.29. The summed E-state index contributed by atoms with van der Waals surface area (Å²) in [6.45, 7) is 1.59. The Morgan fingerprint density at radius 2 is 1.56 bits per heavy atom. The zero-order valence-electron chi connectivity index (χ0n) is 18.7. The number of hydrogen-bond acceptors (Lipinski definition) is 4. The number of sulfonamides is 1. The van der Waals surface area contributed by atoms with Crippen LogP contribution in [0.3, 0.4) is 0 Å². The molecule has 0 radical (unpaired) electrons. The summed E-state index contributed by atoms with van der Waals surface area (Å²) in [4.78, 5) is 12.4. The Labute approximate surface area is 198 Å². The largest absolute Gasteiger partial charge is 0.461 e. The van der Waals surface area contributed by atoms with E-state index in [1.165, 1.54) is 30.3 Å². The molecule has 4 rings (SSSR count). The van der Waals surface area contributed by atoms with E-state index in [-0.39, 0.29) is 29.7 Å². The van der Waals surface area contributed by atoms with Gasteiger partial charge < -0.3 is 4.74 Å². The SMILES string of the molecule is Cc1ccc(S(=O)(=O)N2CC[C@H](c3ccccc3)CCOC(=O)C(F)(F)c3ccccc32)cc1. The molecule has 34 heavy (non-hydrogen) atoms. The van der Waals surface area contributed by atoms with Crippen molar-refractivity contribution < 1.29 is 26.7 Å². The molecule has 8 heteroatoms. The molecule has 5 nitrogen and oxygen atoms in total. The number of fused-ring (bicyclic) bond motifs is 1. The molecule has 3 aromatic rings. The number of aryl methyl sites for hydroxylation is 1. The minimum atomic E-state index is -4.20. The second-order valence-corrected chi connectivity index (χ2v) is 10.2. The van der Waals surface area contributed by atoms with Crippen LogP contribution in [0.1, 0.15) is 35.4 Å². The van der Waals surface area contributed by atoms with Gasteiger partial charge >= 0.3 is 11.9 Å². The van der Waals surface area contributed by atoms with Gasteiger partial charge in [0.15, 0.2) is 0 Å². The number of rotatable bonds is 3. The van der Waals surface area contributed by atoms with Gasteiger partial charge in [-0.15, -0.1) is 0 Å². The summed E-state index contributed by atoms with van der Waals surface area (Å²) in [6, 6.07) is 20.8. The Hall–Kier alpha value is -3.26. The van der Waals surface area contributed by atoms with Crippen LogP contribution in [0.15, 0.2) is 83.8 Å². The minimum absolute atomic E-state index is 0.00933. The monoisotopic (exact) mass is 485 g/mol. The number of anilines is 1. The number of ether oxygens (including phenoxy) is 1. The van der Waals surface area contributed by atoms with Crippen LogP contribution in [-0.4, -0.2) is 27.5 Å². The highest BCUT2D eigenvalue weighted by Gasteiger charge is 2.46. The van der Waals surface area contributed by atoms with E-state index in [0.29, 0.717) is 12.8 Å². The Morgan fingerprint density at radius 1 is 0.912 bits per heavy atom. The maximum Gasteiger partial charge on any atom is 0.382 e. The molecule has 0 fully saturated rings. The first-order chi connectivity index (χ1) is 16.2. The van der Waals surface area contributed by atoms with Crippen molar-refractivity contribution in [3.8, 4) is 0 Å². The summed E-state index contributed by atoms with van der Waals surface area (Å²) in [5, 5.41) is 0. The number of carbonyl (C=O) groups is 1. The van der Waals surface area contributed by atoms with Gasteiger partial charge in [-0.3, -0.25) is 4.31 Å². The number of esters is 1. The fourth-order valence-electron chi connectivity index (χ4n) is 4.13. The third-order valence-electron chi connectivity index (χ3n) is 6.03. The summed E-state index contributed by atoms with van der Waals surface area (Å²) in [5.74, 6) is -5.89. The number of cyclic esters (lactones) is 1. The summed E-state index contributed by atoms with van der Waals surface area (Å²) < 4.78 is 63.8. The van der Waals surface area contributed by atoms with Gasteiger partial charge in [0.1, 0.15) is 0 Å². The second kappa shape index (κ2) is 9.54. The number of halogens is 2. The van der Waals surface area contributed by atoms with Gasteiger partial charge in [0, 0.05) is 6.54 Å². The molecule has 0 N–H and O–H groups in total. The molecule has 1 aliphatic rings. The first-order valence-electron chi connectivity index (χ1n) is 11.0. The molecule has 0 unspecified atom stereocenters. The molecular formula is C26H25F2NO4S. The van der Waals surface area contributed by atoms with Crippen molar-refractivity contribution in [2.75, 3.05) is 17.5 Å². The maximum atomic E-state index is 15.2. The quantitative estimate of drug-likeness (QED) is 0.466. The molecule has 0 spiro atoms. The lowest BCUT2D eigenvalue weighted by molar-refractivity contribution is -0.173. The van der Waals surface area contributed by atoms with E-state index in [2.05, 4.69) is 0 Å². The van der Waals surface area contributed by atoms with Gasteiger partial charge in [-0.2, -0.15) is 8.78 Å². The van der Waals surface area contributed by atoms with Gasteiger partial charge in [-0.1, -0.05) is 66.2 Å². The van der Waals surface area contributed by atoms with E-state index >= 15 is 8.78 Å². The molecule has 178 valence electrons. The van der Waals surface area contributed by atoms with Crippen molar-refractivity contribution in [3.63, 3.8) is 0 Å². The van der Waals surface area contributed by atoms with Crippen LogP contribution < -0.4 is 4.31 Å². The van der Waals surface area contributed by atoms with Crippen LogP contribution in [0.5, 0.6) is 0 Å². The fourth-order valence-corrected chi connectivity index (χ4v) is 5.63. The first kappa shape index (κ1) is 23.9. The molecule has 1 aliphatic heterocycles. The molecule has 0 aromatic heterocycles. The minimum Gasteiger partial charge on any atom is -0.461 e. The molecule has 3 aromatic carbocycles. The lowest BCUT2D eigenvalue weighted by Crippen LogP contribution is -2.36. The van der Waals surface area contributed by atoms with Gasteiger partial charge in [0.25, 0.3) is 10.0 Å². The van der Waals surface area contributed by atoms with E-state index in [9.17, 15) is 13.2 Å². The summed E-state index contributed by atoms with van der Waals surface area (Å²) in [7, 11) is -4.20. The van der Waals surface area contributed by atoms with Crippen molar-refractivity contribution in [2.45, 2.75) is 36.5 Å². The van der Waals surface area contributed by atoms with Gasteiger partial charge in [0.05, 0.1) is 22.8 Å². The molecule has 0 aliphatic carbocycles.